The van der Waals surface area contributed by atoms with E-state index in [1.807, 2.05) is 6.07 Å². The number of nitriles is 1. The van der Waals surface area contributed by atoms with Crippen LogP contribution >= 0.6 is 0 Å². The first-order chi connectivity index (χ1) is 11.6. The number of nitrogens with zero attached hydrogens (tertiary/aromatic N) is 4. The summed E-state index contributed by atoms with van der Waals surface area (Å²) in [6.07, 6.45) is 3.97. The summed E-state index contributed by atoms with van der Waals surface area (Å²) in [5.74, 6) is 0.487. The molecule has 0 unspecified atom stereocenters. The lowest BCUT2D eigenvalue weighted by molar-refractivity contribution is -0.120. The smallest absolute Gasteiger partial charge is 0.233 e. The Morgan fingerprint density at radius 2 is 2.25 bits per heavy atom. The molecule has 2 aliphatic heterocycles. The van der Waals surface area contributed by atoms with Gasteiger partial charge in [0.25, 0.3) is 0 Å². The molecule has 0 saturated carbocycles. The van der Waals surface area contributed by atoms with Crippen molar-refractivity contribution in [1.29, 1.82) is 5.26 Å². The molecule has 2 aliphatic rings. The van der Waals surface area contributed by atoms with Gasteiger partial charge in [-0.2, -0.15) is 5.26 Å². The van der Waals surface area contributed by atoms with Crippen molar-refractivity contribution in [2.24, 2.45) is 0 Å². The Balaban J connectivity index is 1.91. The van der Waals surface area contributed by atoms with E-state index in [1.54, 1.807) is 6.20 Å². The molecule has 1 aromatic rings. The number of aromatic nitrogens is 1. The van der Waals surface area contributed by atoms with E-state index in [1.165, 1.54) is 7.11 Å². The number of pyridine rings is 1. The highest BCUT2D eigenvalue weighted by molar-refractivity contribution is 5.76. The first-order valence-electron chi connectivity index (χ1n) is 8.25. The average Bonchev–Trinajstić information content (AvgIpc) is 2.79. The Kier molecular flexibility index (Phi) is 4.58. The third-order valence-electron chi connectivity index (χ3n) is 5.27. The molecular weight excluding hydrogens is 306 g/mol. The van der Waals surface area contributed by atoms with Gasteiger partial charge in [0.05, 0.1) is 12.8 Å². The van der Waals surface area contributed by atoms with Crippen molar-refractivity contribution in [1.82, 2.24) is 15.2 Å². The maximum Gasteiger partial charge on any atom is 0.233 e. The molecule has 3 heterocycles. The number of ether oxygens (including phenoxy) is 1. The minimum absolute atomic E-state index is 0.0549. The number of nitrogens with one attached hydrogen (secondary N) is 1. The largest absolute Gasteiger partial charge is 0.480 e. The molecule has 1 spiro atoms. The lowest BCUT2D eigenvalue weighted by Crippen LogP contribution is -2.61. The Morgan fingerprint density at radius 3 is 3.00 bits per heavy atom. The van der Waals surface area contributed by atoms with Crippen LogP contribution in [-0.2, 0) is 4.79 Å². The molecule has 0 aliphatic carbocycles. The van der Waals surface area contributed by atoms with Crippen LogP contribution in [0, 0.1) is 11.3 Å². The number of piperazine rings is 1. The van der Waals surface area contributed by atoms with Gasteiger partial charge in [-0.25, -0.2) is 4.98 Å². The van der Waals surface area contributed by atoms with Crippen molar-refractivity contribution in [3.63, 3.8) is 0 Å². The summed E-state index contributed by atoms with van der Waals surface area (Å²) < 4.78 is 5.23. The summed E-state index contributed by atoms with van der Waals surface area (Å²) in [5.41, 5.74) is 1.28. The van der Waals surface area contributed by atoms with Crippen molar-refractivity contribution < 1.29 is 9.53 Å². The van der Waals surface area contributed by atoms with E-state index in [0.717, 1.165) is 38.2 Å². The zero-order valence-electron chi connectivity index (χ0n) is 14.2. The number of anilines is 1. The Morgan fingerprint density at radius 1 is 1.42 bits per heavy atom. The van der Waals surface area contributed by atoms with Gasteiger partial charge in [0, 0.05) is 44.3 Å². The minimum Gasteiger partial charge on any atom is -0.480 e. The van der Waals surface area contributed by atoms with Gasteiger partial charge in [0.2, 0.25) is 11.8 Å². The average molecular weight is 329 g/mol. The number of rotatable bonds is 2. The van der Waals surface area contributed by atoms with Gasteiger partial charge in [0.15, 0.2) is 0 Å². The van der Waals surface area contributed by atoms with Crippen LogP contribution in [0.3, 0.4) is 0 Å². The fourth-order valence-electron chi connectivity index (χ4n) is 3.76. The molecule has 1 N–H and O–H groups in total. The van der Waals surface area contributed by atoms with Gasteiger partial charge in [-0.1, -0.05) is 0 Å². The predicted octanol–water partition coefficient (Wildman–Crippen LogP) is 0.753. The molecule has 1 amide bonds. The lowest BCUT2D eigenvalue weighted by Gasteiger charge is -2.50. The summed E-state index contributed by atoms with van der Waals surface area (Å²) in [6, 6.07) is 4.10. The summed E-state index contributed by atoms with van der Waals surface area (Å²) in [5, 5.41) is 12.5. The molecule has 0 radical (unpaired) electrons. The molecule has 1 aromatic heterocycles. The first-order valence-corrected chi connectivity index (χ1v) is 8.25. The fourth-order valence-corrected chi connectivity index (χ4v) is 3.76. The lowest BCUT2D eigenvalue weighted by atomic mass is 9.86. The standard InChI is InChI=1S/C17H23N5O2/c1-21-9-10-22(12-17(21)5-3-15(23)19-8-6-17)14-4-7-20-16(24-2)13(14)11-18/h4,7H,3,5-6,8-10,12H2,1-2H3,(H,19,23)/t17-/m0/s1. The van der Waals surface area contributed by atoms with Gasteiger partial charge in [0.1, 0.15) is 11.6 Å². The van der Waals surface area contributed by atoms with Crippen LogP contribution in [0.2, 0.25) is 0 Å². The van der Waals surface area contributed by atoms with E-state index in [4.69, 9.17) is 4.74 Å². The SMILES string of the molecule is COc1nccc(N2CCN(C)[C@@]3(CCNC(=O)CC3)C2)c1C#N. The molecule has 0 bridgehead atoms. The Labute approximate surface area is 142 Å². The number of carbonyl (C=O) groups excluding carboxylic acids is 1. The maximum atomic E-state index is 11.7. The van der Waals surface area contributed by atoms with E-state index in [9.17, 15) is 10.1 Å². The van der Waals surface area contributed by atoms with Gasteiger partial charge >= 0.3 is 0 Å². The molecule has 3 rings (SSSR count). The molecule has 128 valence electrons. The molecule has 0 aromatic carbocycles. The summed E-state index contributed by atoms with van der Waals surface area (Å²) in [4.78, 5) is 20.5. The molecule has 24 heavy (non-hydrogen) atoms. The molecule has 1 atom stereocenters. The molecule has 7 nitrogen and oxygen atoms in total. The third-order valence-corrected chi connectivity index (χ3v) is 5.27. The highest BCUT2D eigenvalue weighted by Gasteiger charge is 2.41. The first kappa shape index (κ1) is 16.5. The number of carbonyl (C=O) groups is 1. The maximum absolute atomic E-state index is 11.7. The van der Waals surface area contributed by atoms with Crippen molar-refractivity contribution in [2.75, 3.05) is 45.2 Å². The second-order valence-corrected chi connectivity index (χ2v) is 6.49. The van der Waals surface area contributed by atoms with E-state index in [0.29, 0.717) is 24.4 Å². The molecule has 7 heteroatoms. The second kappa shape index (κ2) is 6.65. The monoisotopic (exact) mass is 329 g/mol. The van der Waals surface area contributed by atoms with Gasteiger partial charge in [-0.05, 0) is 26.0 Å². The normalized spacial score (nSPS) is 25.0. The molecular formula is C17H23N5O2. The molecule has 2 saturated heterocycles. The summed E-state index contributed by atoms with van der Waals surface area (Å²) in [7, 11) is 3.66. The zero-order valence-corrected chi connectivity index (χ0v) is 14.2. The van der Waals surface area contributed by atoms with E-state index in [-0.39, 0.29) is 11.4 Å². The van der Waals surface area contributed by atoms with Crippen LogP contribution in [0.25, 0.3) is 0 Å². The van der Waals surface area contributed by atoms with Crippen LogP contribution < -0.4 is 15.0 Å². The molecule has 2 fully saturated rings. The third kappa shape index (κ3) is 2.89. The van der Waals surface area contributed by atoms with Gasteiger partial charge < -0.3 is 15.0 Å². The Bertz CT molecular complexity index is 671. The van der Waals surface area contributed by atoms with Crippen molar-refractivity contribution >= 4 is 11.6 Å². The van der Waals surface area contributed by atoms with Crippen LogP contribution in [0.4, 0.5) is 5.69 Å². The number of hydrogen-bond acceptors (Lipinski definition) is 6. The highest BCUT2D eigenvalue weighted by atomic mass is 16.5. The van der Waals surface area contributed by atoms with Crippen LogP contribution in [-0.4, -0.2) is 61.7 Å². The minimum atomic E-state index is -0.0549. The summed E-state index contributed by atoms with van der Waals surface area (Å²) in [6.45, 7) is 3.22. The van der Waals surface area contributed by atoms with Gasteiger partial charge in [-0.3, -0.25) is 9.69 Å². The van der Waals surface area contributed by atoms with Crippen molar-refractivity contribution in [2.45, 2.75) is 24.8 Å². The van der Waals surface area contributed by atoms with E-state index >= 15 is 0 Å². The number of methoxy groups -OCH3 is 1. The van der Waals surface area contributed by atoms with Crippen LogP contribution in [0.5, 0.6) is 5.88 Å². The number of amides is 1. The topological polar surface area (TPSA) is 81.5 Å². The van der Waals surface area contributed by atoms with Crippen molar-refractivity contribution in [3.05, 3.63) is 17.8 Å². The quantitative estimate of drug-likeness (QED) is 0.862. The Hall–Kier alpha value is -2.33. The fraction of sp³-hybridized carbons (Fsp3) is 0.588. The van der Waals surface area contributed by atoms with Crippen LogP contribution in [0.1, 0.15) is 24.8 Å². The second-order valence-electron chi connectivity index (χ2n) is 6.49. The zero-order chi connectivity index (χ0) is 17.2. The van der Waals surface area contributed by atoms with Gasteiger partial charge in [-0.15, -0.1) is 0 Å². The number of hydrogen-bond donors (Lipinski definition) is 1. The highest BCUT2D eigenvalue weighted by Crippen LogP contribution is 2.35. The van der Waals surface area contributed by atoms with E-state index < -0.39 is 0 Å². The summed E-state index contributed by atoms with van der Waals surface area (Å²) >= 11 is 0. The van der Waals surface area contributed by atoms with E-state index in [2.05, 4.69) is 33.2 Å². The number of likely N-dealkylation sites (N-methyl/N-ethyl adjacent to an activating group) is 1. The van der Waals surface area contributed by atoms with Crippen molar-refractivity contribution in [3.8, 4) is 11.9 Å². The predicted molar refractivity (Wildman–Crippen MR) is 89.9 cm³/mol. The van der Waals surface area contributed by atoms with Crippen LogP contribution in [0.15, 0.2) is 12.3 Å².